The Morgan fingerprint density at radius 2 is 1.96 bits per heavy atom. The topological polar surface area (TPSA) is 54.0 Å². The van der Waals surface area contributed by atoms with Gasteiger partial charge in [-0.1, -0.05) is 63.5 Å². The van der Waals surface area contributed by atoms with Gasteiger partial charge in [0.2, 0.25) is 0 Å². The van der Waals surface area contributed by atoms with Gasteiger partial charge in [-0.25, -0.2) is 9.78 Å². The summed E-state index contributed by atoms with van der Waals surface area (Å²) in [5.41, 5.74) is 2.81. The van der Waals surface area contributed by atoms with Crippen molar-refractivity contribution in [1.29, 1.82) is 0 Å². The smallest absolute Gasteiger partial charge is 0.321 e. The maximum atomic E-state index is 11.9. The first-order chi connectivity index (χ1) is 11.6. The lowest BCUT2D eigenvalue weighted by Gasteiger charge is -2.06. The van der Waals surface area contributed by atoms with E-state index >= 15 is 0 Å². The molecule has 2 N–H and O–H groups in total. The summed E-state index contributed by atoms with van der Waals surface area (Å²) >= 11 is 1.38. The maximum absolute atomic E-state index is 11.9. The third kappa shape index (κ3) is 8.29. The number of hydrogen-bond donors (Lipinski definition) is 2. The molecule has 1 aromatic heterocycles. The Kier molecular flexibility index (Phi) is 11.8. The molecule has 0 aliphatic heterocycles. The molecule has 0 fully saturated rings. The number of urea groups is 1. The number of carbonyl (C=O) groups is 1. The Balaban J connectivity index is 0.00000254. The standard InChI is InChI=1S/C17H21N3OS.C2H6/c1-5-8-13(4)15-12-22-17(19-15)20-16(21)18-11-14(9-6-2)10-7-3;1-2/h5-10,12H,1-2,11H2,3-4H3,(H2,18,19,20,21);1-2H3/b10-7-,13-8+,14-9+;. The number of amides is 2. The molecule has 0 radical (unpaired) electrons. The minimum Gasteiger partial charge on any atom is -0.334 e. The van der Waals surface area contributed by atoms with Gasteiger partial charge < -0.3 is 5.32 Å². The summed E-state index contributed by atoms with van der Waals surface area (Å²) in [5, 5.41) is 7.97. The van der Waals surface area contributed by atoms with Crippen LogP contribution < -0.4 is 10.6 Å². The Morgan fingerprint density at radius 3 is 2.54 bits per heavy atom. The largest absolute Gasteiger partial charge is 0.334 e. The summed E-state index contributed by atoms with van der Waals surface area (Å²) in [4.78, 5) is 16.2. The van der Waals surface area contributed by atoms with Gasteiger partial charge >= 0.3 is 6.03 Å². The van der Waals surface area contributed by atoms with Gasteiger partial charge in [-0.3, -0.25) is 5.32 Å². The Bertz CT molecular complexity index is 624. The first-order valence-corrected chi connectivity index (χ1v) is 8.73. The van der Waals surface area contributed by atoms with Crippen molar-refractivity contribution in [3.05, 3.63) is 66.3 Å². The van der Waals surface area contributed by atoms with Crippen molar-refractivity contribution in [1.82, 2.24) is 10.3 Å². The van der Waals surface area contributed by atoms with Crippen LogP contribution >= 0.6 is 11.3 Å². The van der Waals surface area contributed by atoms with Gasteiger partial charge in [0.05, 0.1) is 5.69 Å². The van der Waals surface area contributed by atoms with Gasteiger partial charge in [-0.15, -0.1) is 11.3 Å². The lowest BCUT2D eigenvalue weighted by Crippen LogP contribution is -2.30. The van der Waals surface area contributed by atoms with Crippen LogP contribution in [0.5, 0.6) is 0 Å². The zero-order valence-corrected chi connectivity index (χ0v) is 15.7. The minimum absolute atomic E-state index is 0.286. The number of carbonyl (C=O) groups excluding carboxylic acids is 1. The van der Waals surface area contributed by atoms with Crippen molar-refractivity contribution >= 4 is 28.1 Å². The molecule has 24 heavy (non-hydrogen) atoms. The molecule has 0 aromatic carbocycles. The summed E-state index contributed by atoms with van der Waals surface area (Å²) in [7, 11) is 0. The van der Waals surface area contributed by atoms with E-state index in [0.29, 0.717) is 11.7 Å². The van der Waals surface area contributed by atoms with Crippen LogP contribution in [0.1, 0.15) is 33.4 Å². The van der Waals surface area contributed by atoms with E-state index in [4.69, 9.17) is 0 Å². The fourth-order valence-electron chi connectivity index (χ4n) is 1.64. The Labute approximate surface area is 149 Å². The molecule has 0 spiro atoms. The molecule has 5 heteroatoms. The average molecular weight is 346 g/mol. The van der Waals surface area contributed by atoms with Crippen LogP contribution in [0.4, 0.5) is 9.93 Å². The number of anilines is 1. The van der Waals surface area contributed by atoms with Crippen LogP contribution in [0, 0.1) is 0 Å². The quantitative estimate of drug-likeness (QED) is 0.635. The predicted molar refractivity (Wildman–Crippen MR) is 107 cm³/mol. The molecule has 2 amide bonds. The second kappa shape index (κ2) is 13.1. The number of aromatic nitrogens is 1. The molecule has 0 saturated heterocycles. The van der Waals surface area contributed by atoms with E-state index in [1.54, 1.807) is 12.2 Å². The summed E-state index contributed by atoms with van der Waals surface area (Å²) in [6.45, 7) is 15.6. The molecule has 1 heterocycles. The van der Waals surface area contributed by atoms with Gasteiger partial charge in [0.15, 0.2) is 5.13 Å². The number of hydrogen-bond acceptors (Lipinski definition) is 3. The number of nitrogens with one attached hydrogen (secondary N) is 2. The van der Waals surface area contributed by atoms with E-state index in [1.165, 1.54) is 11.3 Å². The van der Waals surface area contributed by atoms with Crippen molar-refractivity contribution in [3.63, 3.8) is 0 Å². The first-order valence-electron chi connectivity index (χ1n) is 7.85. The van der Waals surface area contributed by atoms with Crippen LogP contribution in [-0.4, -0.2) is 17.6 Å². The number of nitrogens with zero attached hydrogens (tertiary/aromatic N) is 1. The number of allylic oxidation sites excluding steroid dienone is 6. The molecular weight excluding hydrogens is 318 g/mol. The molecule has 130 valence electrons. The first kappa shape index (κ1) is 21.6. The van der Waals surface area contributed by atoms with Crippen molar-refractivity contribution in [2.75, 3.05) is 11.9 Å². The number of rotatable bonds is 7. The molecule has 1 aromatic rings. The third-order valence-corrected chi connectivity index (χ3v) is 3.42. The molecule has 0 atom stereocenters. The van der Waals surface area contributed by atoms with Crippen molar-refractivity contribution < 1.29 is 4.79 Å². The van der Waals surface area contributed by atoms with Crippen molar-refractivity contribution in [2.24, 2.45) is 0 Å². The summed E-state index contributed by atoms with van der Waals surface area (Å²) < 4.78 is 0. The van der Waals surface area contributed by atoms with Gasteiger partial charge in [-0.2, -0.15) is 0 Å². The second-order valence-electron chi connectivity index (χ2n) is 4.41. The van der Waals surface area contributed by atoms with E-state index in [2.05, 4.69) is 28.8 Å². The minimum atomic E-state index is -0.286. The summed E-state index contributed by atoms with van der Waals surface area (Å²) in [6.07, 6.45) is 11.0. The molecule has 0 aliphatic rings. The predicted octanol–water partition coefficient (Wildman–Crippen LogP) is 5.57. The van der Waals surface area contributed by atoms with Crippen LogP contribution in [0.15, 0.2) is 60.6 Å². The van der Waals surface area contributed by atoms with E-state index in [-0.39, 0.29) is 6.03 Å². The lowest BCUT2D eigenvalue weighted by atomic mass is 10.2. The SMILES string of the molecule is C=C/C=C(\C=C/C)CNC(=O)Nc1nc(/C(C)=C/C=C)cs1.CC. The van der Waals surface area contributed by atoms with Crippen LogP contribution in [0.3, 0.4) is 0 Å². The maximum Gasteiger partial charge on any atom is 0.321 e. The normalized spacial score (nSPS) is 11.5. The van der Waals surface area contributed by atoms with Crippen LogP contribution in [0.25, 0.3) is 5.57 Å². The summed E-state index contributed by atoms with van der Waals surface area (Å²) in [6, 6.07) is -0.286. The van der Waals surface area contributed by atoms with Crippen LogP contribution in [0.2, 0.25) is 0 Å². The zero-order chi connectivity index (χ0) is 18.4. The highest BCUT2D eigenvalue weighted by atomic mass is 32.1. The third-order valence-electron chi connectivity index (χ3n) is 2.66. The fraction of sp³-hybridized carbons (Fsp3) is 0.263. The molecule has 0 aliphatic carbocycles. The highest BCUT2D eigenvalue weighted by Gasteiger charge is 2.07. The van der Waals surface area contributed by atoms with E-state index < -0.39 is 0 Å². The number of thiazole rings is 1. The lowest BCUT2D eigenvalue weighted by molar-refractivity contribution is 0.253. The van der Waals surface area contributed by atoms with Crippen molar-refractivity contribution in [2.45, 2.75) is 27.7 Å². The molecular formula is C19H27N3OS. The summed E-state index contributed by atoms with van der Waals surface area (Å²) in [5.74, 6) is 0. The van der Waals surface area contributed by atoms with Gasteiger partial charge in [0.1, 0.15) is 0 Å². The highest BCUT2D eigenvalue weighted by Crippen LogP contribution is 2.21. The van der Waals surface area contributed by atoms with Gasteiger partial charge in [-0.05, 0) is 25.0 Å². The van der Waals surface area contributed by atoms with E-state index in [0.717, 1.165) is 16.8 Å². The zero-order valence-electron chi connectivity index (χ0n) is 14.9. The average Bonchev–Trinajstić information content (AvgIpc) is 3.04. The second-order valence-corrected chi connectivity index (χ2v) is 5.27. The fourth-order valence-corrected chi connectivity index (χ4v) is 2.40. The van der Waals surface area contributed by atoms with Gasteiger partial charge in [0, 0.05) is 11.9 Å². The van der Waals surface area contributed by atoms with E-state index in [1.807, 2.05) is 57.4 Å². The molecule has 0 saturated carbocycles. The monoisotopic (exact) mass is 345 g/mol. The van der Waals surface area contributed by atoms with Crippen LogP contribution in [-0.2, 0) is 0 Å². The molecule has 0 unspecified atom stereocenters. The van der Waals surface area contributed by atoms with Gasteiger partial charge in [0.25, 0.3) is 0 Å². The molecule has 0 bridgehead atoms. The highest BCUT2D eigenvalue weighted by molar-refractivity contribution is 7.14. The molecule has 4 nitrogen and oxygen atoms in total. The Hall–Kier alpha value is -2.40. The van der Waals surface area contributed by atoms with E-state index in [9.17, 15) is 4.79 Å². The van der Waals surface area contributed by atoms with Crippen molar-refractivity contribution in [3.8, 4) is 0 Å². The Morgan fingerprint density at radius 1 is 1.29 bits per heavy atom. The molecule has 1 rings (SSSR count).